The number of halogens is 1. The van der Waals surface area contributed by atoms with Gasteiger partial charge in [-0.3, -0.25) is 9.36 Å². The number of hydrogen-bond acceptors (Lipinski definition) is 5. The summed E-state index contributed by atoms with van der Waals surface area (Å²) in [4.78, 5) is 17.3. The van der Waals surface area contributed by atoms with Crippen LogP contribution in [-0.2, 0) is 4.79 Å². The smallest absolute Gasteiger partial charge is 0.233 e. The zero-order valence-corrected chi connectivity index (χ0v) is 21.0. The van der Waals surface area contributed by atoms with Crippen LogP contribution in [0.15, 0.2) is 84.0 Å². The van der Waals surface area contributed by atoms with E-state index in [0.29, 0.717) is 29.0 Å². The molecule has 1 amide bonds. The Morgan fingerprint density at radius 2 is 1.57 bits per heavy atom. The monoisotopic (exact) mass is 503 g/mol. The Hall–Kier alpha value is -3.29. The molecule has 1 aromatic heterocycles. The first-order valence-corrected chi connectivity index (χ1v) is 12.9. The zero-order valence-electron chi connectivity index (χ0n) is 19.5. The van der Waals surface area contributed by atoms with Gasteiger partial charge < -0.3 is 9.80 Å². The normalized spacial score (nSPS) is 13.8. The van der Waals surface area contributed by atoms with Gasteiger partial charge in [-0.25, -0.2) is 0 Å². The highest BCUT2D eigenvalue weighted by Crippen LogP contribution is 2.30. The second-order valence-corrected chi connectivity index (χ2v) is 9.78. The molecule has 178 valence electrons. The highest BCUT2D eigenvalue weighted by Gasteiger charge is 2.23. The molecule has 6 nitrogen and oxygen atoms in total. The number of aryl methyl sites for hydroxylation is 1. The van der Waals surface area contributed by atoms with Crippen molar-refractivity contribution in [1.82, 2.24) is 19.7 Å². The predicted octanol–water partition coefficient (Wildman–Crippen LogP) is 5.34. The van der Waals surface area contributed by atoms with E-state index in [1.165, 1.54) is 17.4 Å². The Bertz CT molecular complexity index is 1300. The molecule has 1 fully saturated rings. The van der Waals surface area contributed by atoms with Crippen molar-refractivity contribution >= 4 is 35.0 Å². The van der Waals surface area contributed by atoms with E-state index in [0.717, 1.165) is 35.7 Å². The van der Waals surface area contributed by atoms with Gasteiger partial charge in [-0.1, -0.05) is 78.0 Å². The molecule has 3 aromatic carbocycles. The average molecular weight is 504 g/mol. The van der Waals surface area contributed by atoms with Gasteiger partial charge in [0.1, 0.15) is 0 Å². The van der Waals surface area contributed by atoms with E-state index in [1.807, 2.05) is 83.1 Å². The van der Waals surface area contributed by atoms with E-state index in [9.17, 15) is 4.79 Å². The van der Waals surface area contributed by atoms with Crippen LogP contribution >= 0.6 is 23.4 Å². The summed E-state index contributed by atoms with van der Waals surface area (Å²) in [6, 6.07) is 26.2. The van der Waals surface area contributed by atoms with Gasteiger partial charge in [-0.15, -0.1) is 10.2 Å². The molecule has 4 aromatic rings. The number of benzene rings is 3. The summed E-state index contributed by atoms with van der Waals surface area (Å²) < 4.78 is 1.98. The predicted molar refractivity (Wildman–Crippen MR) is 143 cm³/mol. The fourth-order valence-corrected chi connectivity index (χ4v) is 5.19. The van der Waals surface area contributed by atoms with Gasteiger partial charge in [-0.2, -0.15) is 0 Å². The summed E-state index contributed by atoms with van der Waals surface area (Å²) in [5.41, 5.74) is 4.03. The number of piperazine rings is 1. The Labute approximate surface area is 214 Å². The summed E-state index contributed by atoms with van der Waals surface area (Å²) >= 11 is 7.85. The highest BCUT2D eigenvalue weighted by molar-refractivity contribution is 7.99. The molecule has 1 aliphatic heterocycles. The summed E-state index contributed by atoms with van der Waals surface area (Å²) in [6.45, 7) is 5.06. The summed E-state index contributed by atoms with van der Waals surface area (Å²) in [5.74, 6) is 1.13. The molecule has 0 bridgehead atoms. The van der Waals surface area contributed by atoms with E-state index in [1.54, 1.807) is 0 Å². The van der Waals surface area contributed by atoms with Crippen LogP contribution in [0, 0.1) is 6.92 Å². The van der Waals surface area contributed by atoms with Crippen molar-refractivity contribution in [3.63, 3.8) is 0 Å². The van der Waals surface area contributed by atoms with Crippen molar-refractivity contribution in [3.8, 4) is 17.1 Å². The molecular formula is C27H26ClN5OS. The summed E-state index contributed by atoms with van der Waals surface area (Å²) in [6.07, 6.45) is 0. The van der Waals surface area contributed by atoms with Gasteiger partial charge in [0.05, 0.1) is 11.4 Å². The molecular weight excluding hydrogens is 478 g/mol. The zero-order chi connectivity index (χ0) is 24.2. The molecule has 0 unspecified atom stereocenters. The number of amides is 1. The minimum Gasteiger partial charge on any atom is -0.368 e. The van der Waals surface area contributed by atoms with Crippen molar-refractivity contribution in [2.45, 2.75) is 12.1 Å². The molecule has 1 aliphatic rings. The molecule has 8 heteroatoms. The van der Waals surface area contributed by atoms with Crippen molar-refractivity contribution < 1.29 is 4.79 Å². The standard InChI is InChI=1S/C27H26ClN5OS/c1-20-12-13-23(18-24(20)28)33-26(21-8-4-2-5-9-21)29-30-27(33)35-19-25(34)32-16-14-31(15-17-32)22-10-6-3-7-11-22/h2-13,18H,14-17,19H2,1H3. The number of aromatic nitrogens is 3. The molecule has 1 saturated heterocycles. The number of anilines is 1. The molecule has 35 heavy (non-hydrogen) atoms. The third kappa shape index (κ3) is 5.21. The first kappa shape index (κ1) is 23.5. The van der Waals surface area contributed by atoms with Crippen LogP contribution < -0.4 is 4.90 Å². The minimum atomic E-state index is 0.112. The van der Waals surface area contributed by atoms with Gasteiger partial charge in [0.25, 0.3) is 0 Å². The summed E-state index contributed by atoms with van der Waals surface area (Å²) in [7, 11) is 0. The van der Waals surface area contributed by atoms with Crippen LogP contribution in [0.1, 0.15) is 5.56 Å². The average Bonchev–Trinajstić information content (AvgIpc) is 3.34. The molecule has 0 aliphatic carbocycles. The molecule has 0 N–H and O–H groups in total. The molecule has 0 spiro atoms. The van der Waals surface area contributed by atoms with E-state index in [-0.39, 0.29) is 5.91 Å². The molecule has 0 saturated carbocycles. The number of para-hydroxylation sites is 1. The molecule has 0 atom stereocenters. The lowest BCUT2D eigenvalue weighted by atomic mass is 10.2. The van der Waals surface area contributed by atoms with Crippen molar-refractivity contribution in [2.24, 2.45) is 0 Å². The fourth-order valence-electron chi connectivity index (χ4n) is 4.16. The number of carbonyl (C=O) groups is 1. The van der Waals surface area contributed by atoms with Gasteiger partial charge in [-0.05, 0) is 36.8 Å². The lowest BCUT2D eigenvalue weighted by Crippen LogP contribution is -2.49. The lowest BCUT2D eigenvalue weighted by Gasteiger charge is -2.36. The van der Waals surface area contributed by atoms with Gasteiger partial charge in [0.2, 0.25) is 5.91 Å². The quantitative estimate of drug-likeness (QED) is 0.332. The van der Waals surface area contributed by atoms with Crippen LogP contribution in [0.25, 0.3) is 17.1 Å². The Morgan fingerprint density at radius 3 is 2.26 bits per heavy atom. The number of rotatable bonds is 6. The summed E-state index contributed by atoms with van der Waals surface area (Å²) in [5, 5.41) is 10.3. The topological polar surface area (TPSA) is 54.3 Å². The number of carbonyl (C=O) groups excluding carboxylic acids is 1. The minimum absolute atomic E-state index is 0.112. The first-order chi connectivity index (χ1) is 17.1. The molecule has 0 radical (unpaired) electrons. The Morgan fingerprint density at radius 1 is 0.886 bits per heavy atom. The van der Waals surface area contributed by atoms with Gasteiger partial charge >= 0.3 is 0 Å². The third-order valence-corrected chi connectivity index (χ3v) is 7.48. The van der Waals surface area contributed by atoms with Gasteiger partial charge in [0.15, 0.2) is 11.0 Å². The van der Waals surface area contributed by atoms with Crippen LogP contribution in [0.2, 0.25) is 5.02 Å². The second-order valence-electron chi connectivity index (χ2n) is 8.43. The SMILES string of the molecule is Cc1ccc(-n2c(SCC(=O)N3CCN(c4ccccc4)CC3)nnc2-c2ccccc2)cc1Cl. The number of nitrogens with zero attached hydrogens (tertiary/aromatic N) is 5. The van der Waals surface area contributed by atoms with Gasteiger partial charge in [0, 0.05) is 42.5 Å². The Kier molecular flexibility index (Phi) is 7.06. The Balaban J connectivity index is 1.32. The van der Waals surface area contributed by atoms with Crippen LogP contribution in [0.5, 0.6) is 0 Å². The van der Waals surface area contributed by atoms with Crippen LogP contribution in [-0.4, -0.2) is 57.5 Å². The van der Waals surface area contributed by atoms with Crippen molar-refractivity contribution in [3.05, 3.63) is 89.4 Å². The third-order valence-electron chi connectivity index (χ3n) is 6.16. The first-order valence-electron chi connectivity index (χ1n) is 11.6. The number of thioether (sulfide) groups is 1. The highest BCUT2D eigenvalue weighted by atomic mass is 35.5. The molecule has 5 rings (SSSR count). The maximum atomic E-state index is 13.0. The van der Waals surface area contributed by atoms with E-state index in [4.69, 9.17) is 11.6 Å². The number of hydrogen-bond donors (Lipinski definition) is 0. The van der Waals surface area contributed by atoms with Crippen molar-refractivity contribution in [2.75, 3.05) is 36.8 Å². The van der Waals surface area contributed by atoms with Crippen LogP contribution in [0.4, 0.5) is 5.69 Å². The second kappa shape index (κ2) is 10.5. The largest absolute Gasteiger partial charge is 0.368 e. The maximum Gasteiger partial charge on any atom is 0.233 e. The van der Waals surface area contributed by atoms with E-state index < -0.39 is 0 Å². The lowest BCUT2D eigenvalue weighted by molar-refractivity contribution is -0.128. The van der Waals surface area contributed by atoms with Crippen LogP contribution in [0.3, 0.4) is 0 Å². The van der Waals surface area contributed by atoms with Crippen molar-refractivity contribution in [1.29, 1.82) is 0 Å². The van der Waals surface area contributed by atoms with E-state index in [2.05, 4.69) is 27.2 Å². The van der Waals surface area contributed by atoms with E-state index >= 15 is 0 Å². The fraction of sp³-hybridized carbons (Fsp3) is 0.222. The molecule has 2 heterocycles. The maximum absolute atomic E-state index is 13.0.